The number of nitrogens with zero attached hydrogens (tertiary/aromatic N) is 4. The van der Waals surface area contributed by atoms with Crippen LogP contribution in [0.15, 0.2) is 73.8 Å². The number of hydrogen-bond acceptors (Lipinski definition) is 12. The maximum absolute atomic E-state index is 14.3. The lowest BCUT2D eigenvalue weighted by atomic mass is 10.0. The van der Waals surface area contributed by atoms with E-state index in [2.05, 4.69) is 77.5 Å². The minimum absolute atomic E-state index is 0.0817. The van der Waals surface area contributed by atoms with Gasteiger partial charge in [0.05, 0.1) is 36.9 Å². The van der Waals surface area contributed by atoms with Crippen molar-refractivity contribution in [2.24, 2.45) is 0 Å². The molecule has 2 aromatic rings. The van der Waals surface area contributed by atoms with Crippen molar-refractivity contribution in [3.05, 3.63) is 84.9 Å². The van der Waals surface area contributed by atoms with E-state index in [1.165, 1.54) is 5.56 Å². The van der Waals surface area contributed by atoms with E-state index in [0.29, 0.717) is 52.2 Å². The normalized spacial score (nSPS) is 20.9. The van der Waals surface area contributed by atoms with Crippen molar-refractivity contribution in [2.45, 2.75) is 128 Å². The summed E-state index contributed by atoms with van der Waals surface area (Å²) in [4.78, 5) is 86.2. The third-order valence-electron chi connectivity index (χ3n) is 13.3. The highest BCUT2D eigenvalue weighted by Gasteiger charge is 2.42. The molecule has 4 aliphatic heterocycles. The third-order valence-corrected chi connectivity index (χ3v) is 13.3. The van der Waals surface area contributed by atoms with Gasteiger partial charge in [0, 0.05) is 38.3 Å². The van der Waals surface area contributed by atoms with Crippen LogP contribution in [-0.2, 0) is 51.0 Å². The fourth-order valence-electron chi connectivity index (χ4n) is 8.76. The Balaban J connectivity index is 0.000000983. The number of likely N-dealkylation sites (N-methyl/N-ethyl adjacent to an activating group) is 2. The van der Waals surface area contributed by atoms with Crippen molar-refractivity contribution in [1.82, 2.24) is 40.9 Å². The highest BCUT2D eigenvalue weighted by atomic mass is 16.6. The summed E-state index contributed by atoms with van der Waals surface area (Å²) >= 11 is 0. The molecule has 71 heavy (non-hydrogen) atoms. The predicted octanol–water partition coefficient (Wildman–Crippen LogP) is 3.53. The van der Waals surface area contributed by atoms with Crippen molar-refractivity contribution in [1.29, 1.82) is 0 Å². The van der Waals surface area contributed by atoms with Crippen LogP contribution in [0, 0.1) is 11.8 Å². The summed E-state index contributed by atoms with van der Waals surface area (Å²) in [6, 6.07) is 16.5. The SMILES string of the molecule is C=C.CCc1ccccc1.CN[C@@H](C)C(=O)NC(C(=O)N1CCCC1CN1CCOC1=O)C(C)OCC#CCOC(C)C(NC(=O)[C@H](C)NC)C(=O)N1CCCC1CN1C(=O)OC[C@@H]1Cc1ccccc1. The summed E-state index contributed by atoms with van der Waals surface area (Å²) in [7, 11) is 3.31. The second-order valence-electron chi connectivity index (χ2n) is 18.0. The van der Waals surface area contributed by atoms with Crippen molar-refractivity contribution < 1.29 is 47.7 Å². The monoisotopic (exact) mass is 987 g/mol. The molecule has 0 saturated carbocycles. The zero-order valence-corrected chi connectivity index (χ0v) is 42.9. The van der Waals surface area contributed by atoms with E-state index in [1.54, 1.807) is 61.4 Å². The van der Waals surface area contributed by atoms with E-state index in [-0.39, 0.29) is 61.6 Å². The zero-order chi connectivity index (χ0) is 51.9. The van der Waals surface area contributed by atoms with Gasteiger partial charge in [0.1, 0.15) is 38.5 Å². The number of carbonyl (C=O) groups excluding carboxylic acids is 6. The van der Waals surface area contributed by atoms with Gasteiger partial charge in [-0.25, -0.2) is 9.59 Å². The van der Waals surface area contributed by atoms with Crippen LogP contribution in [0.5, 0.6) is 0 Å². The van der Waals surface area contributed by atoms with E-state index in [9.17, 15) is 28.8 Å². The number of rotatable bonds is 21. The zero-order valence-electron chi connectivity index (χ0n) is 42.9. The van der Waals surface area contributed by atoms with Crippen LogP contribution >= 0.6 is 0 Å². The Morgan fingerprint density at radius 1 is 0.676 bits per heavy atom. The molecular weight excluding hydrogens is 909 g/mol. The molecule has 6 unspecified atom stereocenters. The van der Waals surface area contributed by atoms with Gasteiger partial charge < -0.3 is 54.9 Å². The van der Waals surface area contributed by atoms with E-state index in [4.69, 9.17) is 18.9 Å². The quantitative estimate of drug-likeness (QED) is 0.105. The van der Waals surface area contributed by atoms with Crippen molar-refractivity contribution in [3.63, 3.8) is 0 Å². The van der Waals surface area contributed by atoms with Gasteiger partial charge in [0.15, 0.2) is 0 Å². The van der Waals surface area contributed by atoms with Crippen LogP contribution in [0.25, 0.3) is 0 Å². The van der Waals surface area contributed by atoms with Crippen LogP contribution < -0.4 is 21.3 Å². The number of cyclic esters (lactones) is 2. The molecule has 4 heterocycles. The number of ether oxygens (including phenoxy) is 4. The Kier molecular flexibility index (Phi) is 24.3. The summed E-state index contributed by atoms with van der Waals surface area (Å²) in [6.07, 6.45) is 2.35. The maximum atomic E-state index is 14.3. The van der Waals surface area contributed by atoms with E-state index in [1.807, 2.05) is 36.4 Å². The number of nitrogens with one attached hydrogen (secondary N) is 4. The van der Waals surface area contributed by atoms with Gasteiger partial charge in [-0.15, -0.1) is 13.2 Å². The molecule has 4 N–H and O–H groups in total. The number of carbonyl (C=O) groups is 6. The van der Waals surface area contributed by atoms with Crippen molar-refractivity contribution in [2.75, 3.05) is 73.2 Å². The van der Waals surface area contributed by atoms with Gasteiger partial charge in [-0.3, -0.25) is 24.1 Å². The first kappa shape index (κ1) is 57.6. The highest BCUT2D eigenvalue weighted by Crippen LogP contribution is 2.26. The summed E-state index contributed by atoms with van der Waals surface area (Å²) < 4.78 is 22.5. The van der Waals surface area contributed by atoms with Gasteiger partial charge in [-0.05, 0) is 91.4 Å². The average molecular weight is 987 g/mol. The first-order chi connectivity index (χ1) is 34.3. The molecule has 6 rings (SSSR count). The molecule has 4 aliphatic rings. The lowest BCUT2D eigenvalue weighted by Gasteiger charge is -2.34. The molecule has 2 aromatic carbocycles. The second-order valence-corrected chi connectivity index (χ2v) is 18.0. The highest BCUT2D eigenvalue weighted by molar-refractivity contribution is 5.91. The maximum Gasteiger partial charge on any atom is 0.410 e. The fraction of sp³-hybridized carbons (Fsp3) is 0.585. The number of hydrogen-bond donors (Lipinski definition) is 4. The lowest BCUT2D eigenvalue weighted by Crippen LogP contribution is -2.59. The second kappa shape index (κ2) is 30.0. The van der Waals surface area contributed by atoms with Crippen LogP contribution in [0.4, 0.5) is 9.59 Å². The molecule has 4 saturated heterocycles. The topological polar surface area (TPSA) is 200 Å². The Morgan fingerprint density at radius 2 is 1.15 bits per heavy atom. The van der Waals surface area contributed by atoms with Crippen LogP contribution in [0.2, 0.25) is 0 Å². The number of amides is 6. The smallest absolute Gasteiger partial charge is 0.410 e. The van der Waals surface area contributed by atoms with E-state index in [0.717, 1.165) is 31.2 Å². The number of likely N-dealkylation sites (tertiary alicyclic amines) is 2. The standard InChI is InChI=1S/C43H64N8O10.C8H10.C2H4/c1-28(44-5)38(52)46-36(40(54)49-18-12-16-33(49)25-48-20-23-60-42(48)56)30(3)58-21-10-11-22-59-31(4)37(47-39(53)29(2)45-6)41(55)50-19-13-17-34(50)26-51-35(27-61-43(51)57)24-32-14-8-7-9-15-32;1-2-8-6-4-3-5-7-8;1-2/h7-9,14-15,28-31,33-37,44-45H,12-13,16-27H2,1-6H3,(H,46,52)(H,47,53);3-7H,2H2,1H3;1-2H2/t28-,29-,30?,31?,33?,34?,35-,36?,37?;;/m0../s1. The Bertz CT molecular complexity index is 2070. The molecule has 0 aromatic heterocycles. The largest absolute Gasteiger partial charge is 0.448 e. The molecule has 18 heteroatoms. The van der Waals surface area contributed by atoms with Crippen molar-refractivity contribution >= 4 is 35.8 Å². The Labute approximate surface area is 420 Å². The molecular formula is C53H78N8O10. The van der Waals surface area contributed by atoms with Gasteiger partial charge in [-0.1, -0.05) is 79.4 Å². The molecule has 9 atom stereocenters. The average Bonchev–Trinajstić information content (AvgIpc) is 4.23. The number of benzene rings is 2. The summed E-state index contributed by atoms with van der Waals surface area (Å²) in [6.45, 7) is 17.5. The molecule has 18 nitrogen and oxygen atoms in total. The molecule has 390 valence electrons. The first-order valence-electron chi connectivity index (χ1n) is 24.9. The Hall–Kier alpha value is -6.00. The van der Waals surface area contributed by atoms with Crippen LogP contribution in [-0.4, -0.2) is 183 Å². The van der Waals surface area contributed by atoms with Crippen LogP contribution in [0.3, 0.4) is 0 Å². The van der Waals surface area contributed by atoms with E-state index < -0.39 is 48.6 Å². The van der Waals surface area contributed by atoms with Crippen LogP contribution in [0.1, 0.15) is 71.4 Å². The predicted molar refractivity (Wildman–Crippen MR) is 271 cm³/mol. The fourth-order valence-corrected chi connectivity index (χ4v) is 8.76. The Morgan fingerprint density at radius 3 is 1.59 bits per heavy atom. The van der Waals surface area contributed by atoms with E-state index >= 15 is 0 Å². The molecule has 6 amide bonds. The summed E-state index contributed by atoms with van der Waals surface area (Å²) in [5.74, 6) is 4.46. The lowest BCUT2D eigenvalue weighted by molar-refractivity contribution is -0.141. The first-order valence-corrected chi connectivity index (χ1v) is 24.9. The molecule has 0 spiro atoms. The third kappa shape index (κ3) is 17.1. The minimum atomic E-state index is -1.03. The van der Waals surface area contributed by atoms with Gasteiger partial charge in [0.25, 0.3) is 0 Å². The number of aryl methyl sites for hydroxylation is 1. The molecule has 0 bridgehead atoms. The van der Waals surface area contributed by atoms with Gasteiger partial charge in [0.2, 0.25) is 23.6 Å². The molecule has 4 fully saturated rings. The summed E-state index contributed by atoms with van der Waals surface area (Å²) in [5.41, 5.74) is 2.50. The molecule has 0 aliphatic carbocycles. The summed E-state index contributed by atoms with van der Waals surface area (Å²) in [5, 5.41) is 11.5. The van der Waals surface area contributed by atoms with Gasteiger partial charge in [-0.2, -0.15) is 0 Å². The van der Waals surface area contributed by atoms with Crippen molar-refractivity contribution in [3.8, 4) is 11.8 Å². The molecule has 0 radical (unpaired) electrons. The minimum Gasteiger partial charge on any atom is -0.448 e. The van der Waals surface area contributed by atoms with Gasteiger partial charge >= 0.3 is 12.2 Å².